The van der Waals surface area contributed by atoms with E-state index < -0.39 is 5.60 Å². The van der Waals surface area contributed by atoms with E-state index in [2.05, 4.69) is 4.98 Å². The number of nitrogens with one attached hydrogen (secondary N) is 1. The molecule has 0 saturated heterocycles. The smallest absolute Gasteiger partial charge is 0.158 e. The highest BCUT2D eigenvalue weighted by atomic mass is 16.3. The van der Waals surface area contributed by atoms with Crippen molar-refractivity contribution in [2.24, 2.45) is 0 Å². The van der Waals surface area contributed by atoms with Gasteiger partial charge in [-0.2, -0.15) is 0 Å². The minimum Gasteiger partial charge on any atom is -0.374 e. The summed E-state index contributed by atoms with van der Waals surface area (Å²) in [5.41, 5.74) is 0.508. The van der Waals surface area contributed by atoms with E-state index in [0.29, 0.717) is 16.7 Å². The second-order valence-electron chi connectivity index (χ2n) is 5.06. The van der Waals surface area contributed by atoms with Crippen LogP contribution in [0.2, 0.25) is 0 Å². The molecule has 0 amide bonds. The summed E-state index contributed by atoms with van der Waals surface area (Å²) in [5.74, 6) is 0. The summed E-state index contributed by atoms with van der Waals surface area (Å²) >= 11 is 0. The molecule has 0 aliphatic heterocycles. The molecule has 3 heteroatoms. The zero-order valence-corrected chi connectivity index (χ0v) is 12.0. The van der Waals surface area contributed by atoms with Crippen molar-refractivity contribution < 1.29 is 5.11 Å². The van der Waals surface area contributed by atoms with Gasteiger partial charge in [-0.05, 0) is 17.2 Å². The van der Waals surface area contributed by atoms with E-state index in [0.717, 1.165) is 0 Å². The van der Waals surface area contributed by atoms with Gasteiger partial charge in [-0.3, -0.25) is 4.98 Å². The monoisotopic (exact) mass is 288 g/mol. The van der Waals surface area contributed by atoms with Crippen LogP contribution in [-0.4, -0.2) is 15.8 Å². The minimum absolute atomic E-state index is 0.132. The summed E-state index contributed by atoms with van der Waals surface area (Å²) in [6.07, 6.45) is 3.26. The fourth-order valence-electron chi connectivity index (χ4n) is 2.53. The van der Waals surface area contributed by atoms with Crippen molar-refractivity contribution in [3.05, 3.63) is 102 Å². The predicted octanol–water partition coefficient (Wildman–Crippen LogP) is 3.39. The number of benzene rings is 2. The van der Waals surface area contributed by atoms with Gasteiger partial charge in [0.05, 0.1) is 5.71 Å². The Kier molecular flexibility index (Phi) is 3.81. The molecule has 108 valence electrons. The molecule has 0 aliphatic carbocycles. The number of hydrogen-bond acceptors (Lipinski definition) is 3. The molecule has 22 heavy (non-hydrogen) atoms. The highest BCUT2D eigenvalue weighted by Crippen LogP contribution is 2.32. The first-order chi connectivity index (χ1) is 10.7. The molecular weight excluding hydrogens is 272 g/mol. The van der Waals surface area contributed by atoms with Crippen LogP contribution in [0.25, 0.3) is 0 Å². The predicted molar refractivity (Wildman–Crippen MR) is 86.9 cm³/mol. The zero-order valence-electron chi connectivity index (χ0n) is 12.0. The third-order valence-electron chi connectivity index (χ3n) is 3.70. The molecule has 2 N–H and O–H groups in total. The summed E-state index contributed by atoms with van der Waals surface area (Å²) in [6.45, 7) is 0. The second kappa shape index (κ2) is 5.92. The summed E-state index contributed by atoms with van der Waals surface area (Å²) < 4.78 is 0. The van der Waals surface area contributed by atoms with Crippen LogP contribution in [-0.2, 0) is 5.60 Å². The molecule has 0 saturated carbocycles. The van der Waals surface area contributed by atoms with Crippen LogP contribution in [0.15, 0.2) is 85.2 Å². The second-order valence-corrected chi connectivity index (χ2v) is 5.06. The van der Waals surface area contributed by atoms with Gasteiger partial charge in [-0.1, -0.05) is 66.7 Å². The molecule has 2 aromatic carbocycles. The fraction of sp³-hybridized carbons (Fsp3) is 0.0526. The molecule has 3 aromatic rings. The Labute approximate surface area is 129 Å². The van der Waals surface area contributed by atoms with Crippen LogP contribution in [0.1, 0.15) is 16.7 Å². The van der Waals surface area contributed by atoms with Crippen molar-refractivity contribution in [2.45, 2.75) is 5.60 Å². The summed E-state index contributed by atoms with van der Waals surface area (Å²) in [7, 11) is 0. The van der Waals surface area contributed by atoms with Gasteiger partial charge in [0, 0.05) is 18.0 Å². The van der Waals surface area contributed by atoms with Crippen LogP contribution >= 0.6 is 0 Å². The minimum atomic E-state index is -1.53. The van der Waals surface area contributed by atoms with Crippen LogP contribution in [0, 0.1) is 5.41 Å². The van der Waals surface area contributed by atoms with Gasteiger partial charge in [0.2, 0.25) is 0 Å². The summed E-state index contributed by atoms with van der Waals surface area (Å²) in [4.78, 5) is 4.10. The molecule has 1 heterocycles. The number of pyridine rings is 1. The van der Waals surface area contributed by atoms with Crippen LogP contribution < -0.4 is 0 Å². The first kappa shape index (κ1) is 14.2. The van der Waals surface area contributed by atoms with Crippen LogP contribution in [0.4, 0.5) is 0 Å². The Bertz CT molecular complexity index is 716. The molecular formula is C19H16N2O. The Balaban J connectivity index is 2.18. The lowest BCUT2D eigenvalue weighted by Gasteiger charge is -2.30. The van der Waals surface area contributed by atoms with E-state index in [-0.39, 0.29) is 5.71 Å². The van der Waals surface area contributed by atoms with Crippen molar-refractivity contribution in [3.63, 3.8) is 0 Å². The SMILES string of the molecule is N=C(c1ccccc1)C(O)(c1ccccc1)c1cccnc1. The number of rotatable bonds is 4. The van der Waals surface area contributed by atoms with Gasteiger partial charge in [0.25, 0.3) is 0 Å². The molecule has 0 aliphatic rings. The lowest BCUT2D eigenvalue weighted by molar-refractivity contribution is 0.155. The number of hydrogen-bond donors (Lipinski definition) is 2. The van der Waals surface area contributed by atoms with E-state index in [4.69, 9.17) is 5.41 Å². The third kappa shape index (κ3) is 2.43. The van der Waals surface area contributed by atoms with Crippen molar-refractivity contribution in [2.75, 3.05) is 0 Å². The lowest BCUT2D eigenvalue weighted by atomic mass is 9.80. The topological polar surface area (TPSA) is 57.0 Å². The van der Waals surface area contributed by atoms with Gasteiger partial charge in [0.1, 0.15) is 0 Å². The molecule has 0 radical (unpaired) electrons. The van der Waals surface area contributed by atoms with Gasteiger partial charge in [0.15, 0.2) is 5.60 Å². The molecule has 3 rings (SSSR count). The summed E-state index contributed by atoms with van der Waals surface area (Å²) in [5, 5.41) is 20.0. The van der Waals surface area contributed by atoms with Crippen molar-refractivity contribution in [3.8, 4) is 0 Å². The first-order valence-electron chi connectivity index (χ1n) is 7.06. The molecule has 1 atom stereocenters. The Morgan fingerprint density at radius 2 is 1.41 bits per heavy atom. The zero-order chi connectivity index (χ0) is 15.4. The number of aliphatic hydroxyl groups is 1. The van der Waals surface area contributed by atoms with Gasteiger partial charge < -0.3 is 10.5 Å². The molecule has 1 unspecified atom stereocenters. The van der Waals surface area contributed by atoms with E-state index in [1.54, 1.807) is 24.5 Å². The summed E-state index contributed by atoms with van der Waals surface area (Å²) in [6, 6.07) is 22.1. The van der Waals surface area contributed by atoms with Crippen molar-refractivity contribution in [1.82, 2.24) is 4.98 Å². The molecule has 0 fully saturated rings. The largest absolute Gasteiger partial charge is 0.374 e. The molecule has 3 nitrogen and oxygen atoms in total. The highest BCUT2D eigenvalue weighted by Gasteiger charge is 2.37. The Morgan fingerprint density at radius 1 is 0.818 bits per heavy atom. The van der Waals surface area contributed by atoms with Gasteiger partial charge in [-0.25, -0.2) is 0 Å². The maximum atomic E-state index is 11.4. The highest BCUT2D eigenvalue weighted by molar-refractivity contribution is 6.06. The molecule has 0 spiro atoms. The van der Waals surface area contributed by atoms with E-state index >= 15 is 0 Å². The average Bonchev–Trinajstić information content (AvgIpc) is 2.62. The molecule has 1 aromatic heterocycles. The Hall–Kier alpha value is -2.78. The molecule has 0 bridgehead atoms. The lowest BCUT2D eigenvalue weighted by Crippen LogP contribution is -2.37. The Morgan fingerprint density at radius 3 is 2.00 bits per heavy atom. The van der Waals surface area contributed by atoms with E-state index in [9.17, 15) is 5.11 Å². The van der Waals surface area contributed by atoms with Crippen molar-refractivity contribution >= 4 is 5.71 Å². The van der Waals surface area contributed by atoms with Crippen molar-refractivity contribution in [1.29, 1.82) is 5.41 Å². The third-order valence-corrected chi connectivity index (χ3v) is 3.70. The van der Waals surface area contributed by atoms with Crippen LogP contribution in [0.3, 0.4) is 0 Å². The normalized spacial score (nSPS) is 13.3. The standard InChI is InChI=1S/C19H16N2O/c20-18(15-8-3-1-4-9-15)19(22,16-10-5-2-6-11-16)17-12-7-13-21-14-17/h1-14,20,22H. The van der Waals surface area contributed by atoms with Gasteiger partial charge >= 0.3 is 0 Å². The first-order valence-corrected chi connectivity index (χ1v) is 7.06. The fourth-order valence-corrected chi connectivity index (χ4v) is 2.53. The maximum absolute atomic E-state index is 11.4. The van der Waals surface area contributed by atoms with E-state index in [1.807, 2.05) is 60.7 Å². The van der Waals surface area contributed by atoms with E-state index in [1.165, 1.54) is 0 Å². The number of aromatic nitrogens is 1. The van der Waals surface area contributed by atoms with Crippen LogP contribution in [0.5, 0.6) is 0 Å². The quantitative estimate of drug-likeness (QED) is 0.723. The maximum Gasteiger partial charge on any atom is 0.158 e. The average molecular weight is 288 g/mol. The van der Waals surface area contributed by atoms with Gasteiger partial charge in [-0.15, -0.1) is 0 Å². The number of nitrogens with zero attached hydrogens (tertiary/aromatic N) is 1.